The predicted molar refractivity (Wildman–Crippen MR) is 193 cm³/mol. The number of urea groups is 1. The number of aliphatic hydroxyl groups is 1. The molecule has 0 spiro atoms. The van der Waals surface area contributed by atoms with Crippen molar-refractivity contribution in [3.05, 3.63) is 113 Å². The molecule has 0 fully saturated rings. The fourth-order valence-electron chi connectivity index (χ4n) is 5.80. The van der Waals surface area contributed by atoms with Crippen LogP contribution in [0, 0.1) is 5.92 Å². The maximum absolute atomic E-state index is 13.8. The number of alkyl halides is 3. The minimum Gasteiger partial charge on any atom is -0.488 e. The third kappa shape index (κ3) is 9.38. The zero-order valence-electron chi connectivity index (χ0n) is 28.9. The van der Waals surface area contributed by atoms with Gasteiger partial charge in [-0.3, -0.25) is 14.5 Å². The second kappa shape index (κ2) is 16.2. The van der Waals surface area contributed by atoms with Gasteiger partial charge in [-0.2, -0.15) is 13.2 Å². The molecule has 0 aliphatic carbocycles. The molecule has 4 aromatic carbocycles. The molecule has 1 heterocycles. The van der Waals surface area contributed by atoms with Crippen molar-refractivity contribution in [2.45, 2.75) is 38.7 Å². The van der Waals surface area contributed by atoms with Crippen molar-refractivity contribution in [1.29, 1.82) is 0 Å². The summed E-state index contributed by atoms with van der Waals surface area (Å²) >= 11 is 0. The van der Waals surface area contributed by atoms with Gasteiger partial charge in [-0.05, 0) is 86.3 Å². The van der Waals surface area contributed by atoms with Crippen molar-refractivity contribution >= 4 is 40.6 Å². The van der Waals surface area contributed by atoms with Gasteiger partial charge in [0.05, 0.1) is 35.2 Å². The summed E-state index contributed by atoms with van der Waals surface area (Å²) in [7, 11) is 1.94. The third-order valence-electron chi connectivity index (χ3n) is 8.76. The molecule has 3 atom stereocenters. The lowest BCUT2D eigenvalue weighted by atomic mass is 9.99. The maximum atomic E-state index is 13.8. The summed E-state index contributed by atoms with van der Waals surface area (Å²) in [5.41, 5.74) is 8.15. The van der Waals surface area contributed by atoms with E-state index in [1.54, 1.807) is 60.4 Å². The van der Waals surface area contributed by atoms with Crippen LogP contribution in [0.15, 0.2) is 91.0 Å². The summed E-state index contributed by atoms with van der Waals surface area (Å²) < 4.78 is 45.2. The first-order chi connectivity index (χ1) is 24.7. The lowest BCUT2D eigenvalue weighted by Crippen LogP contribution is -2.49. The van der Waals surface area contributed by atoms with Gasteiger partial charge in [0.2, 0.25) is 0 Å². The fourth-order valence-corrected chi connectivity index (χ4v) is 5.80. The standard InChI is InChI=1S/C38H41F3N6O5/c1-23-19-47(24(2)22-48)36(50)30-18-29(44-37(51)43-28-14-12-27(13-15-28)38(39,40)41)16-17-33(30)52-34(23)21-46(3)20-25-8-10-26(11-9-25)35(49)45-32-7-5-4-6-31(32)42/h4-18,23-24,34,48H,19-22,42H2,1-3H3,(H,45,49)(H2,43,44,51)/t23-,24-,34+/m0/s1. The lowest BCUT2D eigenvalue weighted by Gasteiger charge is -2.38. The number of aliphatic hydroxyl groups excluding tert-OH is 1. The molecule has 0 saturated carbocycles. The molecule has 6 N–H and O–H groups in total. The van der Waals surface area contributed by atoms with Crippen molar-refractivity contribution < 1.29 is 37.4 Å². The van der Waals surface area contributed by atoms with Crippen LogP contribution in [0.5, 0.6) is 5.75 Å². The molecule has 0 radical (unpaired) electrons. The van der Waals surface area contributed by atoms with Crippen molar-refractivity contribution in [2.24, 2.45) is 5.92 Å². The monoisotopic (exact) mass is 718 g/mol. The van der Waals surface area contributed by atoms with Crippen molar-refractivity contribution in [2.75, 3.05) is 48.4 Å². The number of anilines is 4. The van der Waals surface area contributed by atoms with Crippen molar-refractivity contribution in [1.82, 2.24) is 9.80 Å². The number of rotatable bonds is 10. The number of ether oxygens (including phenoxy) is 1. The number of fused-ring (bicyclic) bond motifs is 1. The van der Waals surface area contributed by atoms with Crippen LogP contribution in [0.1, 0.15) is 45.7 Å². The Morgan fingerprint density at radius 2 is 1.63 bits per heavy atom. The van der Waals surface area contributed by atoms with E-state index in [2.05, 4.69) is 20.9 Å². The summed E-state index contributed by atoms with van der Waals surface area (Å²) in [5, 5.41) is 17.9. The molecular formula is C38H41F3N6O5. The normalized spacial score (nSPS) is 16.6. The number of nitrogens with one attached hydrogen (secondary N) is 3. The molecule has 0 bridgehead atoms. The predicted octanol–water partition coefficient (Wildman–Crippen LogP) is 6.54. The summed E-state index contributed by atoms with van der Waals surface area (Å²) in [6.07, 6.45) is -4.88. The van der Waals surface area contributed by atoms with E-state index in [1.807, 2.05) is 26.1 Å². The van der Waals surface area contributed by atoms with Crippen LogP contribution in [-0.4, -0.2) is 71.6 Å². The number of halogens is 3. The van der Waals surface area contributed by atoms with Crippen LogP contribution in [0.2, 0.25) is 0 Å². The average molecular weight is 719 g/mol. The molecular weight excluding hydrogens is 677 g/mol. The summed E-state index contributed by atoms with van der Waals surface area (Å²) in [4.78, 5) is 43.0. The second-order valence-corrected chi connectivity index (χ2v) is 12.9. The first-order valence-electron chi connectivity index (χ1n) is 16.6. The quantitative estimate of drug-likeness (QED) is 0.117. The Kier molecular flexibility index (Phi) is 11.7. The molecule has 4 amide bonds. The number of carbonyl (C=O) groups excluding carboxylic acids is 3. The number of nitrogens with two attached hydrogens (primary N) is 1. The summed E-state index contributed by atoms with van der Waals surface area (Å²) in [5.74, 6) is -0.505. The van der Waals surface area contributed by atoms with Crippen LogP contribution in [-0.2, 0) is 12.7 Å². The summed E-state index contributed by atoms with van der Waals surface area (Å²) in [6, 6.07) is 21.7. The van der Waals surface area contributed by atoms with E-state index in [0.29, 0.717) is 42.3 Å². The van der Waals surface area contributed by atoms with Gasteiger partial charge in [0.1, 0.15) is 11.9 Å². The third-order valence-corrected chi connectivity index (χ3v) is 8.76. The van der Waals surface area contributed by atoms with Crippen LogP contribution in [0.25, 0.3) is 0 Å². The van der Waals surface area contributed by atoms with E-state index >= 15 is 0 Å². The van der Waals surface area contributed by atoms with Crippen LogP contribution >= 0.6 is 0 Å². The number of amides is 4. The van der Waals surface area contributed by atoms with E-state index < -0.39 is 23.8 Å². The van der Waals surface area contributed by atoms with E-state index in [0.717, 1.165) is 29.8 Å². The highest BCUT2D eigenvalue weighted by Crippen LogP contribution is 2.32. The van der Waals surface area contributed by atoms with Gasteiger partial charge in [-0.1, -0.05) is 31.2 Å². The molecule has 14 heteroatoms. The smallest absolute Gasteiger partial charge is 0.416 e. The van der Waals surface area contributed by atoms with Gasteiger partial charge in [0.15, 0.2) is 0 Å². The highest BCUT2D eigenvalue weighted by Gasteiger charge is 2.34. The van der Waals surface area contributed by atoms with E-state index in [9.17, 15) is 32.7 Å². The van der Waals surface area contributed by atoms with Gasteiger partial charge in [-0.15, -0.1) is 0 Å². The largest absolute Gasteiger partial charge is 0.488 e. The van der Waals surface area contributed by atoms with Gasteiger partial charge >= 0.3 is 12.2 Å². The van der Waals surface area contributed by atoms with Crippen molar-refractivity contribution in [3.63, 3.8) is 0 Å². The Hall–Kier alpha value is -5.60. The Morgan fingerprint density at radius 3 is 2.29 bits per heavy atom. The zero-order chi connectivity index (χ0) is 37.6. The highest BCUT2D eigenvalue weighted by molar-refractivity contribution is 6.06. The first-order valence-corrected chi connectivity index (χ1v) is 16.6. The Balaban J connectivity index is 1.27. The average Bonchev–Trinajstić information content (AvgIpc) is 3.10. The Morgan fingerprint density at radius 1 is 0.981 bits per heavy atom. The lowest BCUT2D eigenvalue weighted by molar-refractivity contribution is -0.137. The van der Waals surface area contributed by atoms with E-state index in [4.69, 9.17) is 10.5 Å². The Labute approximate surface area is 299 Å². The van der Waals surface area contributed by atoms with E-state index in [-0.39, 0.29) is 47.4 Å². The number of hydrogen-bond acceptors (Lipinski definition) is 7. The molecule has 5 rings (SSSR count). The topological polar surface area (TPSA) is 149 Å². The number of carbonyl (C=O) groups is 3. The SMILES string of the molecule is C[C@H]1CN([C@@H](C)CO)C(=O)c2cc(NC(=O)Nc3ccc(C(F)(F)F)cc3)ccc2O[C@@H]1CN(C)Cc1ccc(C(=O)Nc2ccccc2N)cc1. The molecule has 1 aliphatic rings. The fraction of sp³-hybridized carbons (Fsp3) is 0.289. The number of likely N-dealkylation sites (N-methyl/N-ethyl adjacent to an activating group) is 1. The number of nitrogen functional groups attached to an aromatic ring is 1. The molecule has 1 aliphatic heterocycles. The zero-order valence-corrected chi connectivity index (χ0v) is 28.9. The minimum atomic E-state index is -4.50. The van der Waals surface area contributed by atoms with Crippen molar-refractivity contribution in [3.8, 4) is 5.75 Å². The summed E-state index contributed by atoms with van der Waals surface area (Å²) in [6.45, 7) is 4.76. The first kappa shape index (κ1) is 37.7. The minimum absolute atomic E-state index is 0.141. The maximum Gasteiger partial charge on any atom is 0.416 e. The second-order valence-electron chi connectivity index (χ2n) is 12.9. The molecule has 0 aromatic heterocycles. The number of nitrogens with zero attached hydrogens (tertiary/aromatic N) is 2. The number of hydrogen-bond donors (Lipinski definition) is 5. The van der Waals surface area contributed by atoms with Gasteiger partial charge in [0.25, 0.3) is 11.8 Å². The van der Waals surface area contributed by atoms with Gasteiger partial charge < -0.3 is 36.4 Å². The molecule has 4 aromatic rings. The highest BCUT2D eigenvalue weighted by atomic mass is 19.4. The molecule has 11 nitrogen and oxygen atoms in total. The number of para-hydroxylation sites is 2. The molecule has 274 valence electrons. The molecule has 0 unspecified atom stereocenters. The van der Waals surface area contributed by atoms with Gasteiger partial charge in [-0.25, -0.2) is 4.79 Å². The van der Waals surface area contributed by atoms with Gasteiger partial charge in [0, 0.05) is 42.5 Å². The molecule has 0 saturated heterocycles. The number of benzene rings is 4. The Bertz CT molecular complexity index is 1890. The van der Waals surface area contributed by atoms with Crippen LogP contribution < -0.4 is 26.4 Å². The van der Waals surface area contributed by atoms with Crippen LogP contribution in [0.3, 0.4) is 0 Å². The van der Waals surface area contributed by atoms with Crippen LogP contribution in [0.4, 0.5) is 40.7 Å². The van der Waals surface area contributed by atoms with E-state index in [1.165, 1.54) is 6.07 Å². The molecule has 52 heavy (non-hydrogen) atoms.